The van der Waals surface area contributed by atoms with Gasteiger partial charge in [-0.15, -0.1) is 0 Å². The Hall–Kier alpha value is -2.34. The van der Waals surface area contributed by atoms with E-state index in [1.165, 1.54) is 6.26 Å². The first-order valence-electron chi connectivity index (χ1n) is 8.67. The summed E-state index contributed by atoms with van der Waals surface area (Å²) in [5.41, 5.74) is 2.96. The van der Waals surface area contributed by atoms with Crippen LogP contribution in [0.2, 0.25) is 0 Å². The lowest BCUT2D eigenvalue weighted by molar-refractivity contribution is 0.448. The van der Waals surface area contributed by atoms with Gasteiger partial charge in [-0.25, -0.2) is 13.4 Å². The van der Waals surface area contributed by atoms with Gasteiger partial charge in [-0.05, 0) is 25.5 Å². The van der Waals surface area contributed by atoms with Gasteiger partial charge in [-0.1, -0.05) is 37.3 Å². The molecule has 1 aromatic carbocycles. The molecule has 6 heteroatoms. The van der Waals surface area contributed by atoms with Crippen LogP contribution >= 0.6 is 0 Å². The van der Waals surface area contributed by atoms with Gasteiger partial charge in [-0.3, -0.25) is 0 Å². The number of hydrogen-bond donors (Lipinski definition) is 0. The van der Waals surface area contributed by atoms with E-state index in [1.807, 2.05) is 54.0 Å². The van der Waals surface area contributed by atoms with Crippen molar-refractivity contribution in [2.75, 3.05) is 12.0 Å². The van der Waals surface area contributed by atoms with Crippen LogP contribution in [0.3, 0.4) is 0 Å². The van der Waals surface area contributed by atoms with Crippen molar-refractivity contribution in [1.82, 2.24) is 9.55 Å². The second kappa shape index (κ2) is 7.50. The van der Waals surface area contributed by atoms with E-state index in [0.717, 1.165) is 34.9 Å². The summed E-state index contributed by atoms with van der Waals surface area (Å²) in [6, 6.07) is 13.9. The predicted octanol–water partition coefficient (Wildman–Crippen LogP) is 3.84. The third-order valence-corrected chi connectivity index (χ3v) is 5.37. The topological polar surface area (TPSA) is 65.1 Å². The molecule has 2 aromatic heterocycles. The fourth-order valence-electron chi connectivity index (χ4n) is 3.02. The van der Waals surface area contributed by atoms with Gasteiger partial charge in [0.2, 0.25) is 0 Å². The SMILES string of the molecule is Cc1ccc(C(C)Cc2c(-c3ccccc3)ncn2CCS(C)(=O)=O)o1. The molecule has 3 rings (SSSR count). The van der Waals surface area contributed by atoms with Crippen LogP contribution in [0.1, 0.15) is 30.1 Å². The van der Waals surface area contributed by atoms with Crippen molar-refractivity contribution in [2.45, 2.75) is 32.7 Å². The quantitative estimate of drug-likeness (QED) is 0.632. The van der Waals surface area contributed by atoms with E-state index in [-0.39, 0.29) is 11.7 Å². The molecule has 0 saturated heterocycles. The normalized spacial score (nSPS) is 13.0. The third kappa shape index (κ3) is 4.43. The van der Waals surface area contributed by atoms with Gasteiger partial charge in [0.05, 0.1) is 17.8 Å². The number of sulfone groups is 1. The molecule has 26 heavy (non-hydrogen) atoms. The number of nitrogens with zero attached hydrogens (tertiary/aromatic N) is 2. The highest BCUT2D eigenvalue weighted by atomic mass is 32.2. The molecule has 1 unspecified atom stereocenters. The maximum Gasteiger partial charge on any atom is 0.149 e. The minimum Gasteiger partial charge on any atom is -0.466 e. The molecule has 0 fully saturated rings. The van der Waals surface area contributed by atoms with Crippen LogP contribution in [0.15, 0.2) is 53.2 Å². The fraction of sp³-hybridized carbons (Fsp3) is 0.350. The summed E-state index contributed by atoms with van der Waals surface area (Å²) in [4.78, 5) is 4.58. The summed E-state index contributed by atoms with van der Waals surface area (Å²) in [6.45, 7) is 4.45. The minimum absolute atomic E-state index is 0.0961. The summed E-state index contributed by atoms with van der Waals surface area (Å²) < 4.78 is 30.9. The van der Waals surface area contributed by atoms with Gasteiger partial charge < -0.3 is 8.98 Å². The van der Waals surface area contributed by atoms with Crippen LogP contribution < -0.4 is 0 Å². The first-order chi connectivity index (χ1) is 12.3. The lowest BCUT2D eigenvalue weighted by atomic mass is 9.99. The third-order valence-electron chi connectivity index (χ3n) is 4.44. The Morgan fingerprint density at radius 3 is 2.50 bits per heavy atom. The molecule has 0 radical (unpaired) electrons. The molecule has 0 aliphatic carbocycles. The maximum atomic E-state index is 11.6. The molecule has 0 aliphatic heterocycles. The van der Waals surface area contributed by atoms with Gasteiger partial charge in [0.15, 0.2) is 0 Å². The smallest absolute Gasteiger partial charge is 0.149 e. The van der Waals surface area contributed by atoms with Gasteiger partial charge >= 0.3 is 0 Å². The predicted molar refractivity (Wildman–Crippen MR) is 103 cm³/mol. The highest BCUT2D eigenvalue weighted by molar-refractivity contribution is 7.90. The molecule has 5 nitrogen and oxygen atoms in total. The van der Waals surface area contributed by atoms with Gasteiger partial charge in [-0.2, -0.15) is 0 Å². The van der Waals surface area contributed by atoms with E-state index in [2.05, 4.69) is 11.9 Å². The Labute approximate surface area is 154 Å². The second-order valence-corrected chi connectivity index (χ2v) is 9.04. The van der Waals surface area contributed by atoms with E-state index in [9.17, 15) is 8.42 Å². The zero-order valence-corrected chi connectivity index (χ0v) is 16.2. The van der Waals surface area contributed by atoms with Crippen LogP contribution in [-0.2, 0) is 22.8 Å². The molecule has 1 atom stereocenters. The van der Waals surface area contributed by atoms with E-state index in [0.29, 0.717) is 6.54 Å². The molecular weight excluding hydrogens is 348 g/mol. The largest absolute Gasteiger partial charge is 0.466 e. The summed E-state index contributed by atoms with van der Waals surface area (Å²) >= 11 is 0. The van der Waals surface area contributed by atoms with Crippen molar-refractivity contribution in [3.8, 4) is 11.3 Å². The Balaban J connectivity index is 1.94. The molecule has 138 valence electrons. The number of hydrogen-bond acceptors (Lipinski definition) is 4. The van der Waals surface area contributed by atoms with Gasteiger partial charge in [0, 0.05) is 30.0 Å². The lowest BCUT2D eigenvalue weighted by Gasteiger charge is -2.14. The molecule has 0 bridgehead atoms. The number of aryl methyl sites for hydroxylation is 2. The Bertz CT molecular complexity index is 972. The van der Waals surface area contributed by atoms with Gasteiger partial charge in [0.1, 0.15) is 21.4 Å². The van der Waals surface area contributed by atoms with Crippen molar-refractivity contribution in [2.24, 2.45) is 0 Å². The zero-order valence-electron chi connectivity index (χ0n) is 15.3. The number of benzene rings is 1. The van der Waals surface area contributed by atoms with Crippen molar-refractivity contribution in [3.63, 3.8) is 0 Å². The summed E-state index contributed by atoms with van der Waals surface area (Å²) in [5.74, 6) is 2.08. The fourth-order valence-corrected chi connectivity index (χ4v) is 3.55. The lowest BCUT2D eigenvalue weighted by Crippen LogP contribution is -2.14. The van der Waals surface area contributed by atoms with Crippen LogP contribution in [0.4, 0.5) is 0 Å². The molecule has 0 amide bonds. The highest BCUT2D eigenvalue weighted by Crippen LogP contribution is 2.28. The van der Waals surface area contributed by atoms with E-state index >= 15 is 0 Å². The zero-order chi connectivity index (χ0) is 18.7. The van der Waals surface area contributed by atoms with Crippen molar-refractivity contribution in [1.29, 1.82) is 0 Å². The van der Waals surface area contributed by atoms with E-state index in [1.54, 1.807) is 6.33 Å². The van der Waals surface area contributed by atoms with Crippen molar-refractivity contribution < 1.29 is 12.8 Å². The Morgan fingerprint density at radius 2 is 1.88 bits per heavy atom. The molecule has 0 spiro atoms. The minimum atomic E-state index is -3.04. The number of rotatable bonds is 7. The number of furan rings is 1. The molecule has 2 heterocycles. The van der Waals surface area contributed by atoms with E-state index < -0.39 is 9.84 Å². The first kappa shape index (κ1) is 18.5. The van der Waals surface area contributed by atoms with Crippen LogP contribution in [-0.4, -0.2) is 30.0 Å². The first-order valence-corrected chi connectivity index (χ1v) is 10.7. The van der Waals surface area contributed by atoms with Crippen LogP contribution in [0, 0.1) is 6.92 Å². The highest BCUT2D eigenvalue weighted by Gasteiger charge is 2.19. The number of imidazole rings is 1. The average molecular weight is 372 g/mol. The summed E-state index contributed by atoms with van der Waals surface area (Å²) in [5, 5.41) is 0. The number of aromatic nitrogens is 2. The molecule has 3 aromatic rings. The molecule has 0 N–H and O–H groups in total. The van der Waals surface area contributed by atoms with Crippen LogP contribution in [0.25, 0.3) is 11.3 Å². The average Bonchev–Trinajstić information content (AvgIpc) is 3.19. The summed E-state index contributed by atoms with van der Waals surface area (Å²) in [7, 11) is -3.04. The van der Waals surface area contributed by atoms with Crippen LogP contribution in [0.5, 0.6) is 0 Å². The summed E-state index contributed by atoms with van der Waals surface area (Å²) in [6.07, 6.45) is 3.72. The maximum absolute atomic E-state index is 11.6. The van der Waals surface area contributed by atoms with Crippen molar-refractivity contribution >= 4 is 9.84 Å². The molecule has 0 saturated carbocycles. The Kier molecular flexibility index (Phi) is 5.32. The van der Waals surface area contributed by atoms with Gasteiger partial charge in [0.25, 0.3) is 0 Å². The van der Waals surface area contributed by atoms with E-state index in [4.69, 9.17) is 4.42 Å². The molecule has 0 aliphatic rings. The standard InChI is InChI=1S/C20H24N2O3S/c1-15(19-10-9-16(2)25-19)13-18-20(17-7-5-4-6-8-17)21-14-22(18)11-12-26(3,23)24/h4-10,14-15H,11-13H2,1-3H3. The molecular formula is C20H24N2O3S. The monoisotopic (exact) mass is 372 g/mol. The Morgan fingerprint density at radius 1 is 1.15 bits per heavy atom. The second-order valence-electron chi connectivity index (χ2n) is 6.78. The van der Waals surface area contributed by atoms with Crippen molar-refractivity contribution in [3.05, 3.63) is 66.0 Å².